The molecule has 0 bridgehead atoms. The van der Waals surface area contributed by atoms with Gasteiger partial charge in [-0.25, -0.2) is 0 Å². The third-order valence-corrected chi connectivity index (χ3v) is 2.07. The van der Waals surface area contributed by atoms with Crippen molar-refractivity contribution in [3.8, 4) is 0 Å². The number of halogens is 1. The van der Waals surface area contributed by atoms with Gasteiger partial charge in [-0.15, -0.1) is 22.5 Å². The number of nitrogens with zero attached hydrogens (tertiary/aromatic N) is 1. The molecule has 1 N–H and O–H groups in total. The van der Waals surface area contributed by atoms with Crippen LogP contribution in [0.25, 0.3) is 0 Å². The van der Waals surface area contributed by atoms with Gasteiger partial charge in [0.1, 0.15) is 6.04 Å². The van der Waals surface area contributed by atoms with E-state index < -0.39 is 5.09 Å². The molecule has 0 aliphatic carbocycles. The van der Waals surface area contributed by atoms with Crippen LogP contribution in [0.4, 0.5) is 0 Å². The Balaban J connectivity index is 0.00000225. The van der Waals surface area contributed by atoms with Crippen molar-refractivity contribution in [3.05, 3.63) is 10.1 Å². The van der Waals surface area contributed by atoms with Crippen molar-refractivity contribution >= 4 is 18.4 Å². The first-order valence-electron chi connectivity index (χ1n) is 4.87. The highest BCUT2D eigenvalue weighted by atomic mass is 35.5. The quantitative estimate of drug-likeness (QED) is 0.317. The fourth-order valence-corrected chi connectivity index (χ4v) is 1.36. The molecule has 16 heavy (non-hydrogen) atoms. The van der Waals surface area contributed by atoms with E-state index in [1.54, 1.807) is 0 Å². The van der Waals surface area contributed by atoms with E-state index in [1.807, 2.05) is 0 Å². The van der Waals surface area contributed by atoms with Crippen molar-refractivity contribution in [1.29, 1.82) is 0 Å². The van der Waals surface area contributed by atoms with Crippen molar-refractivity contribution in [2.75, 3.05) is 19.8 Å². The summed E-state index contributed by atoms with van der Waals surface area (Å²) < 4.78 is 4.90. The van der Waals surface area contributed by atoms with E-state index in [-0.39, 0.29) is 37.6 Å². The average molecular weight is 255 g/mol. The summed E-state index contributed by atoms with van der Waals surface area (Å²) in [6.07, 6.45) is 2.11. The van der Waals surface area contributed by atoms with Gasteiger partial charge in [-0.2, -0.15) is 0 Å². The summed E-state index contributed by atoms with van der Waals surface area (Å²) in [5.74, 6) is -0.284. The van der Waals surface area contributed by atoms with Gasteiger partial charge in [-0.05, 0) is 19.4 Å². The van der Waals surface area contributed by atoms with Crippen LogP contribution in [-0.4, -0.2) is 36.9 Å². The van der Waals surface area contributed by atoms with Crippen molar-refractivity contribution in [1.82, 2.24) is 5.32 Å². The lowest BCUT2D eigenvalue weighted by Crippen LogP contribution is -2.32. The summed E-state index contributed by atoms with van der Waals surface area (Å²) in [5.41, 5.74) is 0. The molecule has 7 nitrogen and oxygen atoms in total. The normalized spacial score (nSPS) is 18.6. The Morgan fingerprint density at radius 2 is 2.25 bits per heavy atom. The lowest BCUT2D eigenvalue weighted by Gasteiger charge is -2.09. The predicted molar refractivity (Wildman–Crippen MR) is 56.8 cm³/mol. The highest BCUT2D eigenvalue weighted by Crippen LogP contribution is 2.06. The second-order valence-electron chi connectivity index (χ2n) is 3.23. The third-order valence-electron chi connectivity index (χ3n) is 2.07. The molecule has 0 unspecified atom stereocenters. The number of carbonyl (C=O) groups is 1. The molecular formula is C8H15ClN2O5. The summed E-state index contributed by atoms with van der Waals surface area (Å²) in [6.45, 7) is 0.952. The van der Waals surface area contributed by atoms with Gasteiger partial charge in [0, 0.05) is 6.42 Å². The lowest BCUT2D eigenvalue weighted by atomic mass is 10.2. The van der Waals surface area contributed by atoms with Crippen molar-refractivity contribution < 1.29 is 19.5 Å². The fourth-order valence-electron chi connectivity index (χ4n) is 1.36. The van der Waals surface area contributed by atoms with Crippen LogP contribution in [0, 0.1) is 10.1 Å². The molecule has 1 saturated heterocycles. The smallest absolute Gasteiger partial charge is 0.323 e. The highest BCUT2D eigenvalue weighted by Gasteiger charge is 2.22. The number of esters is 1. The van der Waals surface area contributed by atoms with E-state index in [9.17, 15) is 14.9 Å². The van der Waals surface area contributed by atoms with Crippen LogP contribution in [-0.2, 0) is 14.4 Å². The summed E-state index contributed by atoms with van der Waals surface area (Å²) >= 11 is 0. The molecule has 1 aliphatic rings. The zero-order valence-corrected chi connectivity index (χ0v) is 9.53. The largest absolute Gasteiger partial charge is 0.464 e. The number of carbonyl (C=O) groups excluding carboxylic acids is 1. The Morgan fingerprint density at radius 1 is 1.50 bits per heavy atom. The number of rotatable bonds is 6. The maximum absolute atomic E-state index is 11.3. The molecule has 0 amide bonds. The Bertz CT molecular complexity index is 232. The number of hydrogen-bond donors (Lipinski definition) is 1. The summed E-state index contributed by atoms with van der Waals surface area (Å²) in [6, 6.07) is -0.207. The Labute approximate surface area is 99.0 Å². The minimum atomic E-state index is -0.861. The first kappa shape index (κ1) is 14.9. The van der Waals surface area contributed by atoms with E-state index in [0.29, 0.717) is 6.42 Å². The van der Waals surface area contributed by atoms with Crippen LogP contribution in [0.2, 0.25) is 0 Å². The van der Waals surface area contributed by atoms with Crippen LogP contribution < -0.4 is 5.32 Å². The first-order chi connectivity index (χ1) is 7.20. The topological polar surface area (TPSA) is 90.7 Å². The van der Waals surface area contributed by atoms with Gasteiger partial charge in [0.25, 0.3) is 5.09 Å². The molecule has 1 atom stereocenters. The Hall–Kier alpha value is -1.08. The maximum atomic E-state index is 11.3. The Morgan fingerprint density at radius 3 is 2.81 bits per heavy atom. The maximum Gasteiger partial charge on any atom is 0.323 e. The summed E-state index contributed by atoms with van der Waals surface area (Å²) in [7, 11) is 0. The molecule has 0 aromatic rings. The standard InChI is InChI=1S/C8H14N2O5.ClH/c11-8(7-3-1-4-9-7)14-5-2-6-15-10(12)13;/h7,9H,1-6H2;1H/t7-;/m0./s1. The van der Waals surface area contributed by atoms with Gasteiger partial charge in [0.05, 0.1) is 13.2 Å². The second-order valence-corrected chi connectivity index (χ2v) is 3.23. The summed E-state index contributed by atoms with van der Waals surface area (Å²) in [5, 5.41) is 11.9. The van der Waals surface area contributed by atoms with E-state index in [1.165, 1.54) is 0 Å². The van der Waals surface area contributed by atoms with Crippen LogP contribution in [0.1, 0.15) is 19.3 Å². The Kier molecular flexibility index (Phi) is 7.57. The first-order valence-corrected chi connectivity index (χ1v) is 4.87. The van der Waals surface area contributed by atoms with E-state index in [2.05, 4.69) is 10.2 Å². The van der Waals surface area contributed by atoms with Crippen LogP contribution in [0.5, 0.6) is 0 Å². The van der Waals surface area contributed by atoms with Gasteiger partial charge in [0.15, 0.2) is 0 Å². The second kappa shape index (κ2) is 8.12. The van der Waals surface area contributed by atoms with Gasteiger partial charge in [0.2, 0.25) is 0 Å². The van der Waals surface area contributed by atoms with E-state index in [0.717, 1.165) is 19.4 Å². The molecule has 0 saturated carbocycles. The lowest BCUT2D eigenvalue weighted by molar-refractivity contribution is -0.757. The number of hydrogen-bond acceptors (Lipinski definition) is 6. The number of nitrogens with one attached hydrogen (secondary N) is 1. The molecule has 0 aromatic carbocycles. The molecule has 1 rings (SSSR count). The summed E-state index contributed by atoms with van der Waals surface area (Å²) in [4.78, 5) is 25.1. The van der Waals surface area contributed by atoms with Crippen molar-refractivity contribution in [3.63, 3.8) is 0 Å². The monoisotopic (exact) mass is 254 g/mol. The average Bonchev–Trinajstić information content (AvgIpc) is 2.69. The van der Waals surface area contributed by atoms with Gasteiger partial charge < -0.3 is 14.9 Å². The van der Waals surface area contributed by atoms with Crippen molar-refractivity contribution in [2.45, 2.75) is 25.3 Å². The SMILES string of the molecule is Cl.O=C(OCCCO[N+](=O)[O-])[C@@H]1CCCN1. The van der Waals surface area contributed by atoms with Crippen molar-refractivity contribution in [2.24, 2.45) is 0 Å². The fraction of sp³-hybridized carbons (Fsp3) is 0.875. The highest BCUT2D eigenvalue weighted by molar-refractivity contribution is 5.85. The van der Waals surface area contributed by atoms with Crippen LogP contribution in [0.3, 0.4) is 0 Å². The molecule has 1 heterocycles. The molecule has 1 aliphatic heterocycles. The minimum Gasteiger partial charge on any atom is -0.464 e. The molecular weight excluding hydrogens is 240 g/mol. The van der Waals surface area contributed by atoms with Gasteiger partial charge in [-0.1, -0.05) is 0 Å². The van der Waals surface area contributed by atoms with Gasteiger partial charge in [-0.3, -0.25) is 4.79 Å². The molecule has 0 spiro atoms. The molecule has 0 aromatic heterocycles. The number of ether oxygens (including phenoxy) is 1. The minimum absolute atomic E-state index is 0. The predicted octanol–water partition coefficient (Wildman–Crippen LogP) is 0.302. The van der Waals surface area contributed by atoms with E-state index in [4.69, 9.17) is 4.74 Å². The molecule has 8 heteroatoms. The molecule has 94 valence electrons. The molecule has 1 fully saturated rings. The van der Waals surface area contributed by atoms with E-state index >= 15 is 0 Å². The van der Waals surface area contributed by atoms with Gasteiger partial charge >= 0.3 is 5.97 Å². The molecule has 0 radical (unpaired) electrons. The van der Waals surface area contributed by atoms with Crippen LogP contribution >= 0.6 is 12.4 Å². The zero-order chi connectivity index (χ0) is 11.1. The third kappa shape index (κ3) is 5.72. The zero-order valence-electron chi connectivity index (χ0n) is 8.72. The van der Waals surface area contributed by atoms with Crippen LogP contribution in [0.15, 0.2) is 0 Å².